The van der Waals surface area contributed by atoms with E-state index in [-0.39, 0.29) is 5.91 Å². The summed E-state index contributed by atoms with van der Waals surface area (Å²) in [6, 6.07) is 12.2. The first-order valence-corrected chi connectivity index (χ1v) is 8.62. The molecule has 5 heteroatoms. The molecular weight excluding hydrogens is 322 g/mol. The Kier molecular flexibility index (Phi) is 5.48. The van der Waals surface area contributed by atoms with Crippen LogP contribution in [0.4, 0.5) is 0 Å². The van der Waals surface area contributed by atoms with Crippen molar-refractivity contribution in [1.29, 1.82) is 0 Å². The van der Waals surface area contributed by atoms with Gasteiger partial charge in [-0.25, -0.2) is 0 Å². The van der Waals surface area contributed by atoms with Gasteiger partial charge in [0.05, 0.1) is 10.6 Å². The maximum absolute atomic E-state index is 12.5. The highest BCUT2D eigenvalue weighted by Crippen LogP contribution is 2.21. The Bertz CT molecular complexity index is 692. The van der Waals surface area contributed by atoms with Gasteiger partial charge in [0.25, 0.3) is 5.91 Å². The topological polar surface area (TPSA) is 36.4 Å². The van der Waals surface area contributed by atoms with Gasteiger partial charge in [-0.2, -0.15) is 0 Å². The number of amides is 1. The van der Waals surface area contributed by atoms with Gasteiger partial charge in [0, 0.05) is 39.1 Å². The second-order valence-electron chi connectivity index (χ2n) is 6.42. The van der Waals surface area contributed by atoms with Crippen LogP contribution in [0.1, 0.15) is 22.3 Å². The fourth-order valence-corrected chi connectivity index (χ4v) is 3.47. The molecule has 0 bridgehead atoms. The summed E-state index contributed by atoms with van der Waals surface area (Å²) >= 11 is 6.08. The van der Waals surface area contributed by atoms with Crippen molar-refractivity contribution < 1.29 is 4.79 Å². The molecule has 4 nitrogen and oxygen atoms in total. The molecule has 1 amide bonds. The number of benzene rings is 1. The van der Waals surface area contributed by atoms with Crippen LogP contribution in [0.2, 0.25) is 5.02 Å². The third-order valence-corrected chi connectivity index (χ3v) is 4.80. The Morgan fingerprint density at radius 2 is 2.12 bits per heavy atom. The molecule has 3 rings (SSSR count). The van der Waals surface area contributed by atoms with Crippen LogP contribution >= 0.6 is 11.6 Å². The summed E-state index contributed by atoms with van der Waals surface area (Å²) in [7, 11) is 1.85. The third-order valence-electron chi connectivity index (χ3n) is 4.50. The number of carbonyl (C=O) groups excluding carboxylic acids is 1. The second-order valence-corrected chi connectivity index (χ2v) is 6.82. The van der Waals surface area contributed by atoms with Gasteiger partial charge < -0.3 is 4.90 Å². The lowest BCUT2D eigenvalue weighted by Crippen LogP contribution is -2.33. The molecule has 0 N–H and O–H groups in total. The minimum Gasteiger partial charge on any atom is -0.341 e. The summed E-state index contributed by atoms with van der Waals surface area (Å²) in [5.74, 6) is 0.465. The highest BCUT2D eigenvalue weighted by Gasteiger charge is 2.25. The number of carbonyl (C=O) groups is 1. The Morgan fingerprint density at radius 3 is 2.88 bits per heavy atom. The predicted octanol–water partition coefficient (Wildman–Crippen LogP) is 3.33. The number of likely N-dealkylation sites (tertiary alicyclic amines) is 1. The van der Waals surface area contributed by atoms with Crippen molar-refractivity contribution in [1.82, 2.24) is 14.8 Å². The number of aromatic nitrogens is 1. The third kappa shape index (κ3) is 4.13. The Hall–Kier alpha value is -1.91. The van der Waals surface area contributed by atoms with Crippen LogP contribution in [0.3, 0.4) is 0 Å². The molecular formula is C19H22ClN3O. The lowest BCUT2D eigenvalue weighted by Gasteiger charge is -2.22. The molecule has 0 aliphatic carbocycles. The van der Waals surface area contributed by atoms with Gasteiger partial charge in [-0.15, -0.1) is 0 Å². The van der Waals surface area contributed by atoms with E-state index < -0.39 is 0 Å². The molecule has 1 aliphatic heterocycles. The van der Waals surface area contributed by atoms with Gasteiger partial charge in [0.1, 0.15) is 0 Å². The van der Waals surface area contributed by atoms with Crippen molar-refractivity contribution in [2.24, 2.45) is 5.92 Å². The van der Waals surface area contributed by atoms with E-state index in [1.54, 1.807) is 17.2 Å². The molecule has 1 unspecified atom stereocenters. The van der Waals surface area contributed by atoms with Crippen molar-refractivity contribution in [2.45, 2.75) is 13.0 Å². The van der Waals surface area contributed by atoms with Crippen LogP contribution in [0.5, 0.6) is 0 Å². The largest absolute Gasteiger partial charge is 0.341 e. The molecule has 24 heavy (non-hydrogen) atoms. The van der Waals surface area contributed by atoms with Gasteiger partial charge in [-0.1, -0.05) is 41.9 Å². The van der Waals surface area contributed by atoms with Crippen LogP contribution in [0.25, 0.3) is 0 Å². The van der Waals surface area contributed by atoms with E-state index in [0.29, 0.717) is 16.5 Å². The fourth-order valence-electron chi connectivity index (χ4n) is 3.27. The average Bonchev–Trinajstić information content (AvgIpc) is 3.02. The maximum Gasteiger partial charge on any atom is 0.255 e. The van der Waals surface area contributed by atoms with Crippen molar-refractivity contribution in [3.8, 4) is 0 Å². The summed E-state index contributed by atoms with van der Waals surface area (Å²) < 4.78 is 0. The highest BCUT2D eigenvalue weighted by atomic mass is 35.5. The monoisotopic (exact) mass is 343 g/mol. The number of rotatable bonds is 5. The van der Waals surface area contributed by atoms with Gasteiger partial charge >= 0.3 is 0 Å². The van der Waals surface area contributed by atoms with Gasteiger partial charge in [0.2, 0.25) is 0 Å². The molecule has 1 fully saturated rings. The lowest BCUT2D eigenvalue weighted by molar-refractivity contribution is 0.0773. The molecule has 126 valence electrons. The maximum atomic E-state index is 12.5. The first kappa shape index (κ1) is 16.9. The average molecular weight is 344 g/mol. The predicted molar refractivity (Wildman–Crippen MR) is 96.0 cm³/mol. The van der Waals surface area contributed by atoms with Crippen molar-refractivity contribution in [2.75, 3.05) is 26.7 Å². The quantitative estimate of drug-likeness (QED) is 0.835. The molecule has 2 heterocycles. The minimum atomic E-state index is -0.0380. The van der Waals surface area contributed by atoms with Crippen LogP contribution in [0.15, 0.2) is 48.8 Å². The van der Waals surface area contributed by atoms with E-state index in [1.165, 1.54) is 11.8 Å². The lowest BCUT2D eigenvalue weighted by atomic mass is 10.1. The van der Waals surface area contributed by atoms with Crippen LogP contribution in [-0.2, 0) is 6.54 Å². The minimum absolute atomic E-state index is 0.0380. The standard InChI is InChI=1S/C19H22ClN3O/c1-22(19(24)17-7-9-21-11-18(17)20)12-16-8-10-23(14-16)13-15-5-3-2-4-6-15/h2-7,9,11,16H,8,10,12-14H2,1H3. The zero-order valence-electron chi connectivity index (χ0n) is 13.9. The first-order valence-electron chi connectivity index (χ1n) is 8.24. The molecule has 1 atom stereocenters. The summed E-state index contributed by atoms with van der Waals surface area (Å²) in [4.78, 5) is 20.7. The molecule has 1 aromatic heterocycles. The Morgan fingerprint density at radius 1 is 1.33 bits per heavy atom. The van der Waals surface area contributed by atoms with Gasteiger partial charge in [0.15, 0.2) is 0 Å². The van der Waals surface area contributed by atoms with E-state index in [0.717, 1.165) is 32.6 Å². The van der Waals surface area contributed by atoms with E-state index in [9.17, 15) is 4.79 Å². The molecule has 1 saturated heterocycles. The molecule has 0 spiro atoms. The highest BCUT2D eigenvalue weighted by molar-refractivity contribution is 6.33. The zero-order chi connectivity index (χ0) is 16.9. The second kappa shape index (κ2) is 7.77. The molecule has 0 saturated carbocycles. The summed E-state index contributed by atoms with van der Waals surface area (Å²) in [6.07, 6.45) is 4.23. The Labute approximate surface area is 148 Å². The van der Waals surface area contributed by atoms with E-state index >= 15 is 0 Å². The molecule has 2 aromatic rings. The molecule has 1 aliphatic rings. The smallest absolute Gasteiger partial charge is 0.255 e. The van der Waals surface area contributed by atoms with Crippen LogP contribution in [0, 0.1) is 5.92 Å². The SMILES string of the molecule is CN(CC1CCN(Cc2ccccc2)C1)C(=O)c1ccncc1Cl. The first-order chi connectivity index (χ1) is 11.6. The Balaban J connectivity index is 1.53. The molecule has 0 radical (unpaired) electrons. The number of hydrogen-bond acceptors (Lipinski definition) is 3. The van der Waals surface area contributed by atoms with Gasteiger partial charge in [-0.05, 0) is 30.5 Å². The number of halogens is 1. The van der Waals surface area contributed by atoms with E-state index in [2.05, 4.69) is 34.1 Å². The number of hydrogen-bond donors (Lipinski definition) is 0. The van der Waals surface area contributed by atoms with Crippen molar-refractivity contribution >= 4 is 17.5 Å². The molecule has 1 aromatic carbocycles. The fraction of sp³-hybridized carbons (Fsp3) is 0.368. The van der Waals surface area contributed by atoms with Crippen LogP contribution < -0.4 is 0 Å². The van der Waals surface area contributed by atoms with Crippen molar-refractivity contribution in [3.63, 3.8) is 0 Å². The zero-order valence-corrected chi connectivity index (χ0v) is 14.6. The number of pyridine rings is 1. The summed E-state index contributed by atoms with van der Waals surface area (Å²) in [5, 5.41) is 0.409. The normalized spacial score (nSPS) is 17.8. The van der Waals surface area contributed by atoms with E-state index in [4.69, 9.17) is 11.6 Å². The summed E-state index contributed by atoms with van der Waals surface area (Å²) in [6.45, 7) is 3.84. The van der Waals surface area contributed by atoms with Crippen molar-refractivity contribution in [3.05, 3.63) is 64.9 Å². The van der Waals surface area contributed by atoms with Crippen LogP contribution in [-0.4, -0.2) is 47.4 Å². The number of nitrogens with zero attached hydrogens (tertiary/aromatic N) is 3. The summed E-state index contributed by atoms with van der Waals surface area (Å²) in [5.41, 5.74) is 1.86. The van der Waals surface area contributed by atoms with E-state index in [1.807, 2.05) is 13.1 Å². The van der Waals surface area contributed by atoms with Gasteiger partial charge in [-0.3, -0.25) is 14.7 Å².